The highest BCUT2D eigenvalue weighted by atomic mass is 35.5. The topological polar surface area (TPSA) is 103 Å². The summed E-state index contributed by atoms with van der Waals surface area (Å²) in [5.74, 6) is 0.937. The molecule has 0 bridgehead atoms. The Morgan fingerprint density at radius 3 is 2.45 bits per heavy atom. The van der Waals surface area contributed by atoms with Gasteiger partial charge in [-0.2, -0.15) is 4.98 Å². The van der Waals surface area contributed by atoms with E-state index in [4.69, 9.17) is 16.3 Å². The molecule has 0 fully saturated rings. The van der Waals surface area contributed by atoms with Crippen molar-refractivity contribution in [1.29, 1.82) is 0 Å². The van der Waals surface area contributed by atoms with E-state index in [1.165, 1.54) is 11.6 Å². The van der Waals surface area contributed by atoms with Crippen LogP contribution in [-0.4, -0.2) is 36.5 Å². The van der Waals surface area contributed by atoms with Crippen molar-refractivity contribution in [3.05, 3.63) is 86.0 Å². The average Bonchev–Trinajstić information content (AvgIpc) is 3.18. The SMILES string of the molecule is Cn1c(=O)c2c(nc(NCc3ccccc3)n2CC(O)COc2ccc(Cl)cc2)n(C)c1=O. The van der Waals surface area contributed by atoms with Crippen molar-refractivity contribution >= 4 is 28.7 Å². The van der Waals surface area contributed by atoms with E-state index in [1.54, 1.807) is 35.9 Å². The Morgan fingerprint density at radius 2 is 1.76 bits per heavy atom. The van der Waals surface area contributed by atoms with Crippen molar-refractivity contribution in [2.45, 2.75) is 19.2 Å². The van der Waals surface area contributed by atoms with Crippen molar-refractivity contribution in [2.75, 3.05) is 11.9 Å². The third kappa shape index (κ3) is 4.79. The third-order valence-corrected chi connectivity index (χ3v) is 5.54. The summed E-state index contributed by atoms with van der Waals surface area (Å²) in [7, 11) is 2.97. The van der Waals surface area contributed by atoms with Crippen LogP contribution in [0.2, 0.25) is 5.02 Å². The van der Waals surface area contributed by atoms with E-state index in [1.807, 2.05) is 30.3 Å². The number of aliphatic hydroxyl groups excluding tert-OH is 1. The normalized spacial score (nSPS) is 12.1. The molecule has 1 atom stereocenters. The van der Waals surface area contributed by atoms with Crippen molar-refractivity contribution in [3.8, 4) is 5.75 Å². The molecule has 2 N–H and O–H groups in total. The van der Waals surface area contributed by atoms with E-state index in [0.29, 0.717) is 23.3 Å². The molecule has 2 aromatic carbocycles. The number of nitrogens with one attached hydrogen (secondary N) is 1. The van der Waals surface area contributed by atoms with Gasteiger partial charge in [0.1, 0.15) is 18.5 Å². The van der Waals surface area contributed by atoms with Gasteiger partial charge in [0.15, 0.2) is 11.2 Å². The lowest BCUT2D eigenvalue weighted by atomic mass is 10.2. The molecule has 4 rings (SSSR count). The first-order chi connectivity index (χ1) is 15.8. The number of imidazole rings is 1. The quantitative estimate of drug-likeness (QED) is 0.410. The van der Waals surface area contributed by atoms with Gasteiger partial charge in [0.05, 0.1) is 6.54 Å². The lowest BCUT2D eigenvalue weighted by Gasteiger charge is -2.16. The fourth-order valence-corrected chi connectivity index (χ4v) is 3.65. The first-order valence-corrected chi connectivity index (χ1v) is 10.7. The largest absolute Gasteiger partial charge is 0.491 e. The summed E-state index contributed by atoms with van der Waals surface area (Å²) in [6.07, 6.45) is -0.947. The molecule has 10 heteroatoms. The number of halogens is 1. The number of benzene rings is 2. The van der Waals surface area contributed by atoms with Crippen LogP contribution in [0, 0.1) is 0 Å². The molecule has 0 aliphatic carbocycles. The van der Waals surface area contributed by atoms with Gasteiger partial charge in [-0.25, -0.2) is 4.79 Å². The number of rotatable bonds is 8. The molecule has 4 aromatic rings. The molecule has 1 unspecified atom stereocenters. The van der Waals surface area contributed by atoms with Crippen molar-refractivity contribution in [2.24, 2.45) is 14.1 Å². The van der Waals surface area contributed by atoms with Gasteiger partial charge < -0.3 is 19.7 Å². The Morgan fingerprint density at radius 1 is 1.06 bits per heavy atom. The highest BCUT2D eigenvalue weighted by Gasteiger charge is 2.21. The van der Waals surface area contributed by atoms with Crippen molar-refractivity contribution in [1.82, 2.24) is 18.7 Å². The maximum Gasteiger partial charge on any atom is 0.332 e. The molecule has 0 spiro atoms. The minimum absolute atomic E-state index is 0.00842. The molecule has 0 amide bonds. The number of hydrogen-bond donors (Lipinski definition) is 2. The highest BCUT2D eigenvalue weighted by Crippen LogP contribution is 2.19. The van der Waals surface area contributed by atoms with E-state index in [-0.39, 0.29) is 24.3 Å². The standard InChI is InChI=1S/C23H24ClN5O4/c1-27-20-19(21(31)28(2)23(27)32)29(22(26-20)25-12-15-6-4-3-5-7-15)13-17(30)14-33-18-10-8-16(24)9-11-18/h3-11,17,30H,12-14H2,1-2H3,(H,25,26). The van der Waals surface area contributed by atoms with E-state index >= 15 is 0 Å². The Balaban J connectivity index is 1.65. The smallest absolute Gasteiger partial charge is 0.332 e. The molecule has 9 nitrogen and oxygen atoms in total. The van der Waals surface area contributed by atoms with E-state index in [9.17, 15) is 14.7 Å². The molecule has 0 aliphatic rings. The zero-order valence-corrected chi connectivity index (χ0v) is 19.0. The van der Waals surface area contributed by atoms with Gasteiger partial charge in [-0.15, -0.1) is 0 Å². The average molecular weight is 470 g/mol. The summed E-state index contributed by atoms with van der Waals surface area (Å²) in [6, 6.07) is 16.5. The molecule has 33 heavy (non-hydrogen) atoms. The number of hydrogen-bond acceptors (Lipinski definition) is 6. The lowest BCUT2D eigenvalue weighted by molar-refractivity contribution is 0.0938. The molecule has 2 heterocycles. The molecular weight excluding hydrogens is 446 g/mol. The second kappa shape index (κ2) is 9.51. The first-order valence-electron chi connectivity index (χ1n) is 10.4. The first kappa shape index (κ1) is 22.6. The van der Waals surface area contributed by atoms with Crippen LogP contribution in [0.1, 0.15) is 5.56 Å². The van der Waals surface area contributed by atoms with Gasteiger partial charge in [-0.1, -0.05) is 41.9 Å². The maximum atomic E-state index is 12.9. The molecule has 0 aliphatic heterocycles. The highest BCUT2D eigenvalue weighted by molar-refractivity contribution is 6.30. The zero-order chi connectivity index (χ0) is 23.5. The maximum absolute atomic E-state index is 12.9. The second-order valence-corrected chi connectivity index (χ2v) is 8.12. The summed E-state index contributed by atoms with van der Waals surface area (Å²) in [5.41, 5.74) is 0.521. The molecule has 0 saturated carbocycles. The van der Waals surface area contributed by atoms with Gasteiger partial charge in [0.2, 0.25) is 5.95 Å². The summed E-state index contributed by atoms with van der Waals surface area (Å²) >= 11 is 5.89. The van der Waals surface area contributed by atoms with Gasteiger partial charge in [-0.05, 0) is 29.8 Å². The van der Waals surface area contributed by atoms with E-state index < -0.39 is 17.4 Å². The number of aryl methyl sites for hydroxylation is 1. The Bertz CT molecular complexity index is 1380. The number of ether oxygens (including phenoxy) is 1. The van der Waals surface area contributed by atoms with Crippen LogP contribution in [0.25, 0.3) is 11.2 Å². The number of fused-ring (bicyclic) bond motifs is 1. The fraction of sp³-hybridized carbons (Fsp3) is 0.261. The fourth-order valence-electron chi connectivity index (χ4n) is 3.52. The van der Waals surface area contributed by atoms with Crippen molar-refractivity contribution < 1.29 is 9.84 Å². The Kier molecular flexibility index (Phi) is 6.52. The van der Waals surface area contributed by atoms with Crippen LogP contribution < -0.4 is 21.3 Å². The Hall–Kier alpha value is -3.56. The minimum atomic E-state index is -0.947. The molecular formula is C23H24ClN5O4. The van der Waals surface area contributed by atoms with E-state index in [2.05, 4.69) is 10.3 Å². The van der Waals surface area contributed by atoms with Crippen LogP contribution >= 0.6 is 11.6 Å². The predicted molar refractivity (Wildman–Crippen MR) is 127 cm³/mol. The van der Waals surface area contributed by atoms with Gasteiger partial charge in [-0.3, -0.25) is 13.9 Å². The summed E-state index contributed by atoms with van der Waals surface area (Å²) in [6.45, 7) is 0.482. The number of aromatic nitrogens is 4. The van der Waals surface area contributed by atoms with Crippen molar-refractivity contribution in [3.63, 3.8) is 0 Å². The number of nitrogens with zero attached hydrogens (tertiary/aromatic N) is 4. The Labute approximate surface area is 194 Å². The summed E-state index contributed by atoms with van der Waals surface area (Å²) in [5, 5.41) is 14.5. The van der Waals surface area contributed by atoms with Gasteiger partial charge >= 0.3 is 5.69 Å². The molecule has 0 saturated heterocycles. The van der Waals surface area contributed by atoms with Crippen LogP contribution in [0.5, 0.6) is 5.75 Å². The predicted octanol–water partition coefficient (Wildman–Crippen LogP) is 2.14. The van der Waals surface area contributed by atoms with Gasteiger partial charge in [0, 0.05) is 25.7 Å². The number of anilines is 1. The van der Waals surface area contributed by atoms with Gasteiger partial charge in [0.25, 0.3) is 5.56 Å². The van der Waals surface area contributed by atoms with Crippen LogP contribution in [0.3, 0.4) is 0 Å². The van der Waals surface area contributed by atoms with E-state index in [0.717, 1.165) is 10.1 Å². The summed E-state index contributed by atoms with van der Waals surface area (Å²) < 4.78 is 9.58. The zero-order valence-electron chi connectivity index (χ0n) is 18.2. The summed E-state index contributed by atoms with van der Waals surface area (Å²) in [4.78, 5) is 29.8. The lowest BCUT2D eigenvalue weighted by Crippen LogP contribution is -2.38. The van der Waals surface area contributed by atoms with Crippen LogP contribution in [0.15, 0.2) is 64.2 Å². The van der Waals surface area contributed by atoms with Crippen LogP contribution in [0.4, 0.5) is 5.95 Å². The number of aliphatic hydroxyl groups is 1. The molecule has 0 radical (unpaired) electrons. The second-order valence-electron chi connectivity index (χ2n) is 7.68. The third-order valence-electron chi connectivity index (χ3n) is 5.29. The van der Waals surface area contributed by atoms with Crippen LogP contribution in [-0.2, 0) is 27.2 Å². The monoisotopic (exact) mass is 469 g/mol. The molecule has 172 valence electrons. The minimum Gasteiger partial charge on any atom is -0.491 e. The molecule has 2 aromatic heterocycles.